The van der Waals surface area contributed by atoms with Gasteiger partial charge in [-0.25, -0.2) is 4.98 Å². The second kappa shape index (κ2) is 8.49. The maximum absolute atomic E-state index is 12.3. The molecule has 1 saturated heterocycles. The number of nitrogens with one attached hydrogen (secondary N) is 1. The molecular weight excluding hydrogens is 282 g/mol. The van der Waals surface area contributed by atoms with E-state index in [1.165, 1.54) is 22.7 Å². The van der Waals surface area contributed by atoms with Crippen LogP contribution in [0.4, 0.5) is 0 Å². The van der Waals surface area contributed by atoms with Gasteiger partial charge in [0.25, 0.3) is 0 Å². The van der Waals surface area contributed by atoms with Crippen molar-refractivity contribution in [1.82, 2.24) is 15.2 Å². The van der Waals surface area contributed by atoms with Crippen LogP contribution in [0.1, 0.15) is 48.9 Å². The number of aryl methyl sites for hydroxylation is 1. The third-order valence-corrected chi connectivity index (χ3v) is 4.91. The van der Waals surface area contributed by atoms with Gasteiger partial charge in [0.15, 0.2) is 0 Å². The Morgan fingerprint density at radius 3 is 2.71 bits per heavy atom. The third kappa shape index (κ3) is 5.75. The normalized spacial score (nSPS) is 17.5. The summed E-state index contributed by atoms with van der Waals surface area (Å²) in [5, 5.41) is 4.62. The standard InChI is InChI=1S/C16H27N3OS/c1-13(17-8-7-15-18-12-14(2)21-15)11-16(20)19-9-5-3-4-6-10-19/h12-13,17H,3-11H2,1-2H3/t13-/m0/s1. The summed E-state index contributed by atoms with van der Waals surface area (Å²) in [6, 6.07) is 0.238. The van der Waals surface area contributed by atoms with E-state index in [9.17, 15) is 4.79 Å². The zero-order valence-electron chi connectivity index (χ0n) is 13.2. The van der Waals surface area contributed by atoms with E-state index >= 15 is 0 Å². The Morgan fingerprint density at radius 2 is 2.10 bits per heavy atom. The number of amides is 1. The molecule has 5 heteroatoms. The van der Waals surface area contributed by atoms with Gasteiger partial charge in [0.05, 0.1) is 5.01 Å². The number of rotatable bonds is 6. The van der Waals surface area contributed by atoms with Crippen molar-refractivity contribution in [2.24, 2.45) is 0 Å². The van der Waals surface area contributed by atoms with Crippen molar-refractivity contribution in [3.05, 3.63) is 16.1 Å². The first-order valence-corrected chi connectivity index (χ1v) is 8.89. The molecule has 1 aliphatic heterocycles. The van der Waals surface area contributed by atoms with Gasteiger partial charge in [-0.3, -0.25) is 4.79 Å². The van der Waals surface area contributed by atoms with Crippen molar-refractivity contribution in [1.29, 1.82) is 0 Å². The van der Waals surface area contributed by atoms with Crippen LogP contribution in [0.3, 0.4) is 0 Å². The number of hydrogen-bond donors (Lipinski definition) is 1. The fraction of sp³-hybridized carbons (Fsp3) is 0.750. The number of likely N-dealkylation sites (tertiary alicyclic amines) is 1. The molecule has 1 fully saturated rings. The monoisotopic (exact) mass is 309 g/mol. The fourth-order valence-corrected chi connectivity index (χ4v) is 3.51. The van der Waals surface area contributed by atoms with Gasteiger partial charge in [0.2, 0.25) is 5.91 Å². The molecule has 0 bridgehead atoms. The summed E-state index contributed by atoms with van der Waals surface area (Å²) in [6.45, 7) is 6.97. The summed E-state index contributed by atoms with van der Waals surface area (Å²) in [7, 11) is 0. The van der Waals surface area contributed by atoms with E-state index in [-0.39, 0.29) is 6.04 Å². The van der Waals surface area contributed by atoms with Crippen molar-refractivity contribution in [3.63, 3.8) is 0 Å². The van der Waals surface area contributed by atoms with Gasteiger partial charge >= 0.3 is 0 Å². The summed E-state index contributed by atoms with van der Waals surface area (Å²) < 4.78 is 0. The zero-order chi connectivity index (χ0) is 15.1. The highest BCUT2D eigenvalue weighted by atomic mass is 32.1. The van der Waals surface area contributed by atoms with Gasteiger partial charge in [-0.05, 0) is 26.7 Å². The number of nitrogens with zero attached hydrogens (tertiary/aromatic N) is 2. The van der Waals surface area contributed by atoms with Crippen LogP contribution in [0.25, 0.3) is 0 Å². The zero-order valence-corrected chi connectivity index (χ0v) is 14.0. The molecule has 1 aromatic heterocycles. The first-order chi connectivity index (χ1) is 10.1. The number of thiazole rings is 1. The van der Waals surface area contributed by atoms with E-state index in [1.807, 2.05) is 6.20 Å². The molecular formula is C16H27N3OS. The maximum Gasteiger partial charge on any atom is 0.224 e. The Kier molecular flexibility index (Phi) is 6.64. The molecule has 0 unspecified atom stereocenters. The van der Waals surface area contributed by atoms with E-state index in [0.29, 0.717) is 12.3 Å². The summed E-state index contributed by atoms with van der Waals surface area (Å²) in [5.74, 6) is 0.307. The first kappa shape index (κ1) is 16.4. The first-order valence-electron chi connectivity index (χ1n) is 8.07. The van der Waals surface area contributed by atoms with Crippen LogP contribution in [0.15, 0.2) is 6.20 Å². The molecule has 118 valence electrons. The number of carbonyl (C=O) groups is 1. The van der Waals surface area contributed by atoms with Crippen molar-refractivity contribution < 1.29 is 4.79 Å². The highest BCUT2D eigenvalue weighted by molar-refractivity contribution is 7.11. The number of aromatic nitrogens is 1. The van der Waals surface area contributed by atoms with Crippen molar-refractivity contribution >= 4 is 17.2 Å². The van der Waals surface area contributed by atoms with E-state index in [0.717, 1.165) is 38.9 Å². The minimum atomic E-state index is 0.238. The Labute approximate surface area is 132 Å². The lowest BCUT2D eigenvalue weighted by molar-refractivity contribution is -0.131. The van der Waals surface area contributed by atoms with Crippen LogP contribution in [0, 0.1) is 6.92 Å². The van der Waals surface area contributed by atoms with Crippen LogP contribution in [-0.4, -0.2) is 41.5 Å². The van der Waals surface area contributed by atoms with Gasteiger partial charge in [-0.15, -0.1) is 11.3 Å². The molecule has 1 aliphatic rings. The minimum Gasteiger partial charge on any atom is -0.343 e. The van der Waals surface area contributed by atoms with Crippen molar-refractivity contribution in [3.8, 4) is 0 Å². The molecule has 1 amide bonds. The topological polar surface area (TPSA) is 45.2 Å². The summed E-state index contributed by atoms with van der Waals surface area (Å²) >= 11 is 1.75. The lowest BCUT2D eigenvalue weighted by Crippen LogP contribution is -2.38. The molecule has 1 N–H and O–H groups in total. The highest BCUT2D eigenvalue weighted by Crippen LogP contribution is 2.12. The summed E-state index contributed by atoms with van der Waals surface area (Å²) in [5.41, 5.74) is 0. The Hall–Kier alpha value is -0.940. The van der Waals surface area contributed by atoms with Gasteiger partial charge in [-0.2, -0.15) is 0 Å². The van der Waals surface area contributed by atoms with E-state index in [2.05, 4.69) is 29.0 Å². The molecule has 1 aromatic rings. The minimum absolute atomic E-state index is 0.238. The van der Waals surface area contributed by atoms with Crippen LogP contribution in [0.2, 0.25) is 0 Å². The van der Waals surface area contributed by atoms with Crippen LogP contribution in [-0.2, 0) is 11.2 Å². The molecule has 0 saturated carbocycles. The fourth-order valence-electron chi connectivity index (χ4n) is 2.73. The lowest BCUT2D eigenvalue weighted by Gasteiger charge is -2.22. The van der Waals surface area contributed by atoms with Gasteiger partial charge < -0.3 is 10.2 Å². The van der Waals surface area contributed by atoms with Crippen LogP contribution in [0.5, 0.6) is 0 Å². The molecule has 4 nitrogen and oxygen atoms in total. The molecule has 0 aliphatic carbocycles. The van der Waals surface area contributed by atoms with E-state index in [4.69, 9.17) is 0 Å². The Balaban J connectivity index is 1.66. The smallest absolute Gasteiger partial charge is 0.224 e. The average molecular weight is 309 g/mol. The van der Waals surface area contributed by atoms with Crippen molar-refractivity contribution in [2.75, 3.05) is 19.6 Å². The predicted octanol–water partition coefficient (Wildman–Crippen LogP) is 2.76. The molecule has 0 spiro atoms. The second-order valence-corrected chi connectivity index (χ2v) is 7.29. The van der Waals surface area contributed by atoms with Crippen LogP contribution >= 0.6 is 11.3 Å². The highest BCUT2D eigenvalue weighted by Gasteiger charge is 2.17. The molecule has 21 heavy (non-hydrogen) atoms. The largest absolute Gasteiger partial charge is 0.343 e. The lowest BCUT2D eigenvalue weighted by atomic mass is 10.2. The Morgan fingerprint density at radius 1 is 1.38 bits per heavy atom. The van der Waals surface area contributed by atoms with E-state index < -0.39 is 0 Å². The third-order valence-electron chi connectivity index (χ3n) is 3.94. The van der Waals surface area contributed by atoms with E-state index in [1.54, 1.807) is 11.3 Å². The van der Waals surface area contributed by atoms with Gasteiger partial charge in [-0.1, -0.05) is 12.8 Å². The average Bonchev–Trinajstić information content (AvgIpc) is 2.71. The molecule has 0 aromatic carbocycles. The molecule has 2 heterocycles. The molecule has 2 rings (SSSR count). The quantitative estimate of drug-likeness (QED) is 0.879. The number of carbonyl (C=O) groups excluding carboxylic acids is 1. The van der Waals surface area contributed by atoms with Crippen LogP contribution < -0.4 is 5.32 Å². The summed E-state index contributed by atoms with van der Waals surface area (Å²) in [6.07, 6.45) is 8.34. The number of hydrogen-bond acceptors (Lipinski definition) is 4. The van der Waals surface area contributed by atoms with Crippen molar-refractivity contribution in [2.45, 2.75) is 58.4 Å². The summed E-state index contributed by atoms with van der Waals surface area (Å²) in [4.78, 5) is 19.9. The second-order valence-electron chi connectivity index (χ2n) is 5.97. The predicted molar refractivity (Wildman–Crippen MR) is 87.7 cm³/mol. The Bertz CT molecular complexity index is 438. The van der Waals surface area contributed by atoms with Gasteiger partial charge in [0.1, 0.15) is 0 Å². The molecule has 1 atom stereocenters. The van der Waals surface area contributed by atoms with Gasteiger partial charge in [0, 0.05) is 49.6 Å². The maximum atomic E-state index is 12.3. The molecule has 0 radical (unpaired) electrons. The SMILES string of the molecule is Cc1cnc(CCN[C@@H](C)CC(=O)N2CCCCCC2)s1.